The number of rotatable bonds is 5. The molecule has 0 spiro atoms. The van der Waals surface area contributed by atoms with E-state index >= 15 is 0 Å². The van der Waals surface area contributed by atoms with Crippen molar-refractivity contribution < 1.29 is 9.53 Å². The summed E-state index contributed by atoms with van der Waals surface area (Å²) in [6.45, 7) is 7.98. The maximum Gasteiger partial charge on any atom is 0.277 e. The number of halogens is 1. The van der Waals surface area contributed by atoms with Gasteiger partial charge in [0, 0.05) is 4.47 Å². The smallest absolute Gasteiger partial charge is 0.277 e. The van der Waals surface area contributed by atoms with Crippen LogP contribution >= 0.6 is 15.9 Å². The van der Waals surface area contributed by atoms with E-state index in [-0.39, 0.29) is 12.5 Å². The van der Waals surface area contributed by atoms with Crippen molar-refractivity contribution in [2.45, 2.75) is 26.7 Å². The summed E-state index contributed by atoms with van der Waals surface area (Å²) >= 11 is 3.35. The number of hydrogen-bond acceptors (Lipinski definition) is 3. The standard InChI is InChI=1S/C18H21BrN2O2/c1-12(2)14-5-4-13(3)17(10-14)20-21-18(22)11-23-16-8-6-15(19)7-9-16/h4,6-9,14H,1,5,10-11H2,2-3H3,(H,21,22)/b20-17+. The first-order chi connectivity index (χ1) is 11.0. The highest BCUT2D eigenvalue weighted by Crippen LogP contribution is 2.26. The van der Waals surface area contributed by atoms with Gasteiger partial charge in [-0.1, -0.05) is 34.2 Å². The van der Waals surface area contributed by atoms with Crippen molar-refractivity contribution in [1.82, 2.24) is 5.43 Å². The molecule has 1 aliphatic carbocycles. The van der Waals surface area contributed by atoms with Gasteiger partial charge in [-0.25, -0.2) is 5.43 Å². The van der Waals surface area contributed by atoms with E-state index in [1.165, 1.54) is 0 Å². The number of hydrogen-bond donors (Lipinski definition) is 1. The lowest BCUT2D eigenvalue weighted by Gasteiger charge is -2.22. The minimum Gasteiger partial charge on any atom is -0.484 e. The fourth-order valence-corrected chi connectivity index (χ4v) is 2.53. The molecule has 4 nitrogen and oxygen atoms in total. The SMILES string of the molecule is C=C(C)C1CC=C(C)/C(=N/NC(=O)COc2ccc(Br)cc2)C1. The van der Waals surface area contributed by atoms with Gasteiger partial charge >= 0.3 is 0 Å². The van der Waals surface area contributed by atoms with Gasteiger partial charge in [0.05, 0.1) is 5.71 Å². The van der Waals surface area contributed by atoms with Crippen molar-refractivity contribution in [2.75, 3.05) is 6.61 Å². The number of carbonyl (C=O) groups excluding carboxylic acids is 1. The molecule has 0 heterocycles. The molecule has 23 heavy (non-hydrogen) atoms. The van der Waals surface area contributed by atoms with Crippen LogP contribution in [0.5, 0.6) is 5.75 Å². The van der Waals surface area contributed by atoms with Crippen molar-refractivity contribution >= 4 is 27.5 Å². The van der Waals surface area contributed by atoms with Crippen LogP contribution in [0.2, 0.25) is 0 Å². The summed E-state index contributed by atoms with van der Waals surface area (Å²) in [5, 5.41) is 4.24. The first kappa shape index (κ1) is 17.5. The molecule has 0 aliphatic heterocycles. The molecular weight excluding hydrogens is 356 g/mol. The minimum atomic E-state index is -0.273. The van der Waals surface area contributed by atoms with E-state index in [4.69, 9.17) is 4.74 Å². The lowest BCUT2D eigenvalue weighted by Crippen LogP contribution is -2.27. The summed E-state index contributed by atoms with van der Waals surface area (Å²) in [6.07, 6.45) is 3.94. The Morgan fingerprint density at radius 3 is 2.78 bits per heavy atom. The minimum absolute atomic E-state index is 0.0644. The maximum atomic E-state index is 11.9. The summed E-state index contributed by atoms with van der Waals surface area (Å²) in [5.41, 5.74) is 5.72. The lowest BCUT2D eigenvalue weighted by molar-refractivity contribution is -0.123. The number of benzene rings is 1. The predicted octanol–water partition coefficient (Wildman–Crippen LogP) is 4.23. The second-order valence-corrected chi connectivity index (χ2v) is 6.62. The van der Waals surface area contributed by atoms with Gasteiger partial charge in [-0.3, -0.25) is 4.79 Å². The Labute approximate surface area is 145 Å². The van der Waals surface area contributed by atoms with E-state index in [1.54, 1.807) is 12.1 Å². The second kappa shape index (κ2) is 8.11. The highest BCUT2D eigenvalue weighted by molar-refractivity contribution is 9.10. The Balaban J connectivity index is 1.87. The summed E-state index contributed by atoms with van der Waals surface area (Å²) in [7, 11) is 0. The highest BCUT2D eigenvalue weighted by atomic mass is 79.9. The highest BCUT2D eigenvalue weighted by Gasteiger charge is 2.18. The van der Waals surface area contributed by atoms with Crippen molar-refractivity contribution in [1.29, 1.82) is 0 Å². The normalized spacial score (nSPS) is 19.2. The Morgan fingerprint density at radius 2 is 2.13 bits per heavy atom. The zero-order valence-corrected chi connectivity index (χ0v) is 15.0. The van der Waals surface area contributed by atoms with E-state index in [1.807, 2.05) is 26.0 Å². The molecule has 0 saturated carbocycles. The van der Waals surface area contributed by atoms with E-state index < -0.39 is 0 Å². The van der Waals surface area contributed by atoms with Crippen LogP contribution in [0.3, 0.4) is 0 Å². The lowest BCUT2D eigenvalue weighted by atomic mass is 9.85. The van der Waals surface area contributed by atoms with Crippen molar-refractivity contribution in [2.24, 2.45) is 11.0 Å². The predicted molar refractivity (Wildman–Crippen MR) is 96.5 cm³/mol. The molecule has 5 heteroatoms. The first-order valence-corrected chi connectivity index (χ1v) is 8.31. The number of ether oxygens (including phenoxy) is 1. The quantitative estimate of drug-likeness (QED) is 0.617. The van der Waals surface area contributed by atoms with Gasteiger partial charge in [-0.15, -0.1) is 0 Å². The Morgan fingerprint density at radius 1 is 1.43 bits per heavy atom. The third-order valence-corrected chi connectivity index (χ3v) is 4.33. The molecule has 1 unspecified atom stereocenters. The molecule has 0 radical (unpaired) electrons. The van der Waals surface area contributed by atoms with Gasteiger partial charge in [0.1, 0.15) is 5.75 Å². The fraction of sp³-hybridized carbons (Fsp3) is 0.333. The summed E-state index contributed by atoms with van der Waals surface area (Å²) in [5.74, 6) is 0.770. The van der Waals surface area contributed by atoms with Gasteiger partial charge in [0.25, 0.3) is 5.91 Å². The summed E-state index contributed by atoms with van der Waals surface area (Å²) in [6, 6.07) is 7.33. The van der Waals surface area contributed by atoms with Crippen LogP contribution in [-0.2, 0) is 4.79 Å². The Hall–Kier alpha value is -1.88. The van der Waals surface area contributed by atoms with Crippen LogP contribution in [0.25, 0.3) is 0 Å². The van der Waals surface area contributed by atoms with E-state index in [0.29, 0.717) is 11.7 Å². The third kappa shape index (κ3) is 5.36. The molecule has 2 rings (SSSR count). The molecule has 1 aromatic rings. The molecule has 0 saturated heterocycles. The van der Waals surface area contributed by atoms with Crippen LogP contribution in [0.15, 0.2) is 57.6 Å². The Kier molecular flexibility index (Phi) is 6.16. The van der Waals surface area contributed by atoms with Gasteiger partial charge in [0.2, 0.25) is 0 Å². The fourth-order valence-electron chi connectivity index (χ4n) is 2.27. The molecule has 1 N–H and O–H groups in total. The molecular formula is C18H21BrN2O2. The molecule has 122 valence electrons. The molecule has 1 aliphatic rings. The molecule has 0 bridgehead atoms. The van der Waals surface area contributed by atoms with Crippen LogP contribution < -0.4 is 10.2 Å². The van der Waals surface area contributed by atoms with Crippen LogP contribution in [0.1, 0.15) is 26.7 Å². The van der Waals surface area contributed by atoms with Crippen LogP contribution in [0, 0.1) is 5.92 Å². The second-order valence-electron chi connectivity index (χ2n) is 5.71. The third-order valence-electron chi connectivity index (χ3n) is 3.80. The van der Waals surface area contributed by atoms with Gasteiger partial charge < -0.3 is 4.74 Å². The molecule has 0 aromatic heterocycles. The van der Waals surface area contributed by atoms with Gasteiger partial charge in [-0.2, -0.15) is 5.10 Å². The van der Waals surface area contributed by atoms with Gasteiger partial charge in [-0.05, 0) is 62.4 Å². The zero-order valence-electron chi connectivity index (χ0n) is 13.4. The summed E-state index contributed by atoms with van der Waals surface area (Å²) < 4.78 is 6.38. The molecule has 0 fully saturated rings. The van der Waals surface area contributed by atoms with Crippen LogP contribution in [-0.4, -0.2) is 18.2 Å². The van der Waals surface area contributed by atoms with E-state index in [2.05, 4.69) is 39.1 Å². The largest absolute Gasteiger partial charge is 0.484 e. The first-order valence-electron chi connectivity index (χ1n) is 7.52. The monoisotopic (exact) mass is 376 g/mol. The molecule has 1 atom stereocenters. The maximum absolute atomic E-state index is 11.9. The van der Waals surface area contributed by atoms with Crippen molar-refractivity contribution in [3.05, 3.63) is 52.5 Å². The number of nitrogens with one attached hydrogen (secondary N) is 1. The van der Waals surface area contributed by atoms with Crippen LogP contribution in [0.4, 0.5) is 0 Å². The molecule has 1 aromatic carbocycles. The van der Waals surface area contributed by atoms with E-state index in [0.717, 1.165) is 34.2 Å². The van der Waals surface area contributed by atoms with Gasteiger partial charge in [0.15, 0.2) is 6.61 Å². The molecule has 1 amide bonds. The Bertz CT molecular complexity index is 647. The number of hydrazone groups is 1. The van der Waals surface area contributed by atoms with E-state index in [9.17, 15) is 4.79 Å². The average Bonchev–Trinajstić information content (AvgIpc) is 2.53. The zero-order chi connectivity index (χ0) is 16.8. The van der Waals surface area contributed by atoms with Crippen molar-refractivity contribution in [3.8, 4) is 5.75 Å². The van der Waals surface area contributed by atoms with Crippen molar-refractivity contribution in [3.63, 3.8) is 0 Å². The topological polar surface area (TPSA) is 50.7 Å². The summed E-state index contributed by atoms with van der Waals surface area (Å²) in [4.78, 5) is 11.9. The number of amides is 1. The number of allylic oxidation sites excluding steroid dienone is 3. The average molecular weight is 377 g/mol. The number of nitrogens with zero attached hydrogens (tertiary/aromatic N) is 1. The number of carbonyl (C=O) groups is 1.